The zero-order valence-corrected chi connectivity index (χ0v) is 9.14. The molecular formula is C11H11FO2S. The van der Waals surface area contributed by atoms with E-state index in [0.29, 0.717) is 0 Å². The number of hydrogen-bond donors (Lipinski definition) is 0. The number of hydrogen-bond acceptors (Lipinski definition) is 3. The van der Waals surface area contributed by atoms with Gasteiger partial charge in [-0.05, 0) is 31.2 Å². The average Bonchev–Trinajstić information content (AvgIpc) is 2.16. The second-order valence-electron chi connectivity index (χ2n) is 3.16. The van der Waals surface area contributed by atoms with E-state index in [4.69, 9.17) is 0 Å². The van der Waals surface area contributed by atoms with E-state index >= 15 is 0 Å². The maximum Gasteiger partial charge on any atom is 0.150 e. The van der Waals surface area contributed by atoms with Crippen LogP contribution in [0.2, 0.25) is 0 Å². The van der Waals surface area contributed by atoms with Gasteiger partial charge in [0, 0.05) is 4.90 Å². The summed E-state index contributed by atoms with van der Waals surface area (Å²) in [6.45, 7) is 1.39. The van der Waals surface area contributed by atoms with Crippen LogP contribution in [-0.2, 0) is 9.59 Å². The Morgan fingerprint density at radius 2 is 1.87 bits per heavy atom. The smallest absolute Gasteiger partial charge is 0.150 e. The predicted octanol–water partition coefficient (Wildman–Crippen LogP) is 2.47. The van der Waals surface area contributed by atoms with Crippen molar-refractivity contribution in [2.24, 2.45) is 0 Å². The number of carbonyl (C=O) groups excluding carboxylic acids is 2. The summed E-state index contributed by atoms with van der Waals surface area (Å²) in [6.07, 6.45) is -0.0196. The summed E-state index contributed by atoms with van der Waals surface area (Å²) in [5, 5.41) is 0. The van der Waals surface area contributed by atoms with Gasteiger partial charge in [0.2, 0.25) is 0 Å². The van der Waals surface area contributed by atoms with Crippen molar-refractivity contribution in [3.8, 4) is 0 Å². The molecule has 15 heavy (non-hydrogen) atoms. The molecule has 0 fully saturated rings. The summed E-state index contributed by atoms with van der Waals surface area (Å²) >= 11 is 1.31. The molecule has 80 valence electrons. The molecule has 0 N–H and O–H groups in total. The largest absolute Gasteiger partial charge is 0.300 e. The minimum atomic E-state index is -0.297. The standard InChI is InChI=1S/C11H11FO2S/c1-8(13)6-10(14)7-15-11-4-2-9(12)3-5-11/h2-5H,6-7H2,1H3. The van der Waals surface area contributed by atoms with Crippen LogP contribution in [0, 0.1) is 5.82 Å². The minimum Gasteiger partial charge on any atom is -0.300 e. The van der Waals surface area contributed by atoms with Crippen LogP contribution in [0.5, 0.6) is 0 Å². The Hall–Kier alpha value is -1.16. The summed E-state index contributed by atoms with van der Waals surface area (Å²) in [7, 11) is 0. The SMILES string of the molecule is CC(=O)CC(=O)CSc1ccc(F)cc1. The lowest BCUT2D eigenvalue weighted by Crippen LogP contribution is -2.06. The molecule has 0 saturated carbocycles. The van der Waals surface area contributed by atoms with E-state index < -0.39 is 0 Å². The third-order valence-electron chi connectivity index (χ3n) is 1.66. The van der Waals surface area contributed by atoms with E-state index in [-0.39, 0.29) is 29.6 Å². The van der Waals surface area contributed by atoms with Crippen molar-refractivity contribution in [2.75, 3.05) is 5.75 Å². The summed E-state index contributed by atoms with van der Waals surface area (Å²) in [5.74, 6) is -0.267. The molecule has 0 saturated heterocycles. The Bertz CT molecular complexity index is 359. The van der Waals surface area contributed by atoms with Crippen LogP contribution in [-0.4, -0.2) is 17.3 Å². The van der Waals surface area contributed by atoms with Crippen molar-refractivity contribution in [1.29, 1.82) is 0 Å². The number of carbonyl (C=O) groups is 2. The van der Waals surface area contributed by atoms with Gasteiger partial charge in [-0.3, -0.25) is 9.59 Å². The highest BCUT2D eigenvalue weighted by Gasteiger charge is 2.05. The molecule has 0 aliphatic heterocycles. The Kier molecular flexibility index (Phi) is 4.49. The summed E-state index contributed by atoms with van der Waals surface area (Å²) in [4.78, 5) is 22.6. The van der Waals surface area contributed by atoms with Crippen LogP contribution in [0.1, 0.15) is 13.3 Å². The normalized spacial score (nSPS) is 10.0. The van der Waals surface area contributed by atoms with E-state index in [1.807, 2.05) is 0 Å². The topological polar surface area (TPSA) is 34.1 Å². The van der Waals surface area contributed by atoms with Crippen molar-refractivity contribution in [3.63, 3.8) is 0 Å². The van der Waals surface area contributed by atoms with Gasteiger partial charge in [0.05, 0.1) is 12.2 Å². The fourth-order valence-corrected chi connectivity index (χ4v) is 1.78. The van der Waals surface area contributed by atoms with Gasteiger partial charge in [-0.1, -0.05) is 0 Å². The van der Waals surface area contributed by atoms with E-state index in [0.717, 1.165) is 4.90 Å². The van der Waals surface area contributed by atoms with Gasteiger partial charge in [0.15, 0.2) is 0 Å². The molecule has 1 rings (SSSR count). The van der Waals surface area contributed by atoms with Gasteiger partial charge >= 0.3 is 0 Å². The molecule has 0 unspecified atom stereocenters. The third-order valence-corrected chi connectivity index (χ3v) is 2.73. The fourth-order valence-electron chi connectivity index (χ4n) is 1.02. The minimum absolute atomic E-state index is 0.0196. The van der Waals surface area contributed by atoms with Crippen LogP contribution < -0.4 is 0 Å². The monoisotopic (exact) mass is 226 g/mol. The molecule has 4 heteroatoms. The summed E-state index contributed by atoms with van der Waals surface area (Å²) in [5.41, 5.74) is 0. The van der Waals surface area contributed by atoms with Gasteiger partial charge in [-0.25, -0.2) is 4.39 Å². The third kappa shape index (κ3) is 4.74. The molecule has 0 heterocycles. The maximum atomic E-state index is 12.5. The Morgan fingerprint density at radius 1 is 1.27 bits per heavy atom. The Morgan fingerprint density at radius 3 is 2.40 bits per heavy atom. The van der Waals surface area contributed by atoms with Gasteiger partial charge in [0.25, 0.3) is 0 Å². The summed E-state index contributed by atoms with van der Waals surface area (Å²) < 4.78 is 12.5. The Balaban J connectivity index is 2.40. The van der Waals surface area contributed by atoms with E-state index in [2.05, 4.69) is 0 Å². The second kappa shape index (κ2) is 5.66. The molecule has 0 radical (unpaired) electrons. The first-order valence-electron chi connectivity index (χ1n) is 4.47. The van der Waals surface area contributed by atoms with Crippen molar-refractivity contribution < 1.29 is 14.0 Å². The molecule has 0 bridgehead atoms. The quantitative estimate of drug-likeness (QED) is 0.571. The van der Waals surface area contributed by atoms with E-state index in [9.17, 15) is 14.0 Å². The van der Waals surface area contributed by atoms with Crippen molar-refractivity contribution in [1.82, 2.24) is 0 Å². The predicted molar refractivity (Wildman–Crippen MR) is 57.4 cm³/mol. The first kappa shape index (κ1) is 11.9. The van der Waals surface area contributed by atoms with E-state index in [1.54, 1.807) is 12.1 Å². The van der Waals surface area contributed by atoms with Gasteiger partial charge in [-0.2, -0.15) is 0 Å². The Labute approximate surface area is 91.9 Å². The van der Waals surface area contributed by atoms with Crippen LogP contribution >= 0.6 is 11.8 Å². The highest BCUT2D eigenvalue weighted by atomic mass is 32.2. The fraction of sp³-hybridized carbons (Fsp3) is 0.273. The molecule has 0 atom stereocenters. The molecule has 1 aromatic carbocycles. The van der Waals surface area contributed by atoms with Crippen LogP contribution in [0.15, 0.2) is 29.2 Å². The lowest BCUT2D eigenvalue weighted by molar-refractivity contribution is -0.124. The number of halogens is 1. The molecule has 0 aliphatic carbocycles. The van der Waals surface area contributed by atoms with Crippen LogP contribution in [0.25, 0.3) is 0 Å². The van der Waals surface area contributed by atoms with Crippen molar-refractivity contribution in [3.05, 3.63) is 30.1 Å². The summed E-state index contributed by atoms with van der Waals surface area (Å²) in [6, 6.07) is 5.91. The van der Waals surface area contributed by atoms with Gasteiger partial charge in [0.1, 0.15) is 17.4 Å². The zero-order chi connectivity index (χ0) is 11.3. The lowest BCUT2D eigenvalue weighted by Gasteiger charge is -1.99. The molecule has 0 amide bonds. The number of Topliss-reactive ketones (excluding diaryl/α,β-unsaturated/α-hetero) is 2. The van der Waals surface area contributed by atoms with Crippen molar-refractivity contribution in [2.45, 2.75) is 18.2 Å². The number of thioether (sulfide) groups is 1. The van der Waals surface area contributed by atoms with Gasteiger partial charge < -0.3 is 0 Å². The first-order valence-corrected chi connectivity index (χ1v) is 5.46. The highest BCUT2D eigenvalue weighted by molar-refractivity contribution is 8.00. The zero-order valence-electron chi connectivity index (χ0n) is 8.33. The lowest BCUT2D eigenvalue weighted by atomic mass is 10.2. The molecule has 1 aromatic rings. The van der Waals surface area contributed by atoms with Crippen LogP contribution in [0.4, 0.5) is 4.39 Å². The molecule has 0 aromatic heterocycles. The molecule has 2 nitrogen and oxygen atoms in total. The molecule has 0 spiro atoms. The maximum absolute atomic E-state index is 12.5. The van der Waals surface area contributed by atoms with Crippen molar-refractivity contribution >= 4 is 23.3 Å². The van der Waals surface area contributed by atoms with Gasteiger partial charge in [-0.15, -0.1) is 11.8 Å². The number of benzene rings is 1. The molecule has 0 aliphatic rings. The highest BCUT2D eigenvalue weighted by Crippen LogP contribution is 2.18. The molecular weight excluding hydrogens is 215 g/mol. The average molecular weight is 226 g/mol. The first-order chi connectivity index (χ1) is 7.08. The number of rotatable bonds is 5. The second-order valence-corrected chi connectivity index (χ2v) is 4.21. The van der Waals surface area contributed by atoms with Crippen LogP contribution in [0.3, 0.4) is 0 Å². The number of ketones is 2. The van der Waals surface area contributed by atoms with E-state index in [1.165, 1.54) is 30.8 Å².